The van der Waals surface area contributed by atoms with Crippen LogP contribution >= 0.6 is 12.2 Å². The molecule has 1 aromatic heterocycles. The maximum absolute atomic E-state index is 12.8. The van der Waals surface area contributed by atoms with E-state index in [2.05, 4.69) is 11.1 Å². The number of thiocarbonyl (C=S) groups is 1. The Bertz CT molecular complexity index is 1010. The van der Waals surface area contributed by atoms with Crippen LogP contribution in [0.2, 0.25) is 0 Å². The van der Waals surface area contributed by atoms with E-state index in [-0.39, 0.29) is 12.0 Å². The molecule has 2 fully saturated rings. The van der Waals surface area contributed by atoms with Gasteiger partial charge in [-0.05, 0) is 61.5 Å². The molecule has 8 heteroatoms. The molecule has 0 atom stereocenters. The highest BCUT2D eigenvalue weighted by atomic mass is 32.1. The largest absolute Gasteiger partial charge is 0.490 e. The Morgan fingerprint density at radius 3 is 2.65 bits per heavy atom. The molecule has 0 bridgehead atoms. The van der Waals surface area contributed by atoms with Crippen LogP contribution in [0.15, 0.2) is 36.5 Å². The van der Waals surface area contributed by atoms with Gasteiger partial charge in [0.2, 0.25) is 5.91 Å². The molecule has 1 amide bonds. The highest BCUT2D eigenvalue weighted by Crippen LogP contribution is 2.28. The highest BCUT2D eigenvalue weighted by Gasteiger charge is 2.29. The number of benzene rings is 1. The summed E-state index contributed by atoms with van der Waals surface area (Å²) in [5.41, 5.74) is 2.54. The SMILES string of the molecule is Cc1cc(N2C(=O)CCCN(c3ccc(OC4CCOCC4)cc3)C2=S)cnc1C#N. The second-order valence-electron chi connectivity index (χ2n) is 7.66. The summed E-state index contributed by atoms with van der Waals surface area (Å²) in [5.74, 6) is 0.745. The molecule has 2 aromatic rings. The Morgan fingerprint density at radius 1 is 1.23 bits per heavy atom. The zero-order valence-electron chi connectivity index (χ0n) is 17.4. The Balaban J connectivity index is 1.55. The molecule has 7 nitrogen and oxygen atoms in total. The topological polar surface area (TPSA) is 78.7 Å². The first kappa shape index (κ1) is 21.2. The van der Waals surface area contributed by atoms with Crippen molar-refractivity contribution in [2.24, 2.45) is 0 Å². The maximum atomic E-state index is 12.8. The first-order valence-electron chi connectivity index (χ1n) is 10.4. The van der Waals surface area contributed by atoms with Crippen LogP contribution in [-0.4, -0.2) is 41.9 Å². The number of anilines is 2. The first-order chi connectivity index (χ1) is 15.1. The van der Waals surface area contributed by atoms with E-state index in [1.807, 2.05) is 29.2 Å². The van der Waals surface area contributed by atoms with Gasteiger partial charge in [-0.25, -0.2) is 4.98 Å². The first-order valence-corrected chi connectivity index (χ1v) is 10.8. The number of rotatable bonds is 4. The van der Waals surface area contributed by atoms with Crippen molar-refractivity contribution in [3.8, 4) is 11.8 Å². The van der Waals surface area contributed by atoms with E-state index < -0.39 is 0 Å². The minimum Gasteiger partial charge on any atom is -0.490 e. The van der Waals surface area contributed by atoms with Gasteiger partial charge in [0.1, 0.15) is 23.6 Å². The molecule has 0 N–H and O–H groups in total. The average Bonchev–Trinajstić information content (AvgIpc) is 2.93. The predicted octanol–water partition coefficient (Wildman–Crippen LogP) is 3.74. The van der Waals surface area contributed by atoms with Gasteiger partial charge in [0, 0.05) is 31.5 Å². The number of aryl methyl sites for hydroxylation is 1. The molecule has 31 heavy (non-hydrogen) atoms. The summed E-state index contributed by atoms with van der Waals surface area (Å²) < 4.78 is 11.4. The molecule has 0 spiro atoms. The van der Waals surface area contributed by atoms with Gasteiger partial charge in [0.15, 0.2) is 5.11 Å². The fourth-order valence-electron chi connectivity index (χ4n) is 3.81. The molecule has 1 aromatic carbocycles. The lowest BCUT2D eigenvalue weighted by Gasteiger charge is -2.30. The van der Waals surface area contributed by atoms with Crippen molar-refractivity contribution in [1.82, 2.24) is 4.98 Å². The molecule has 4 rings (SSSR count). The van der Waals surface area contributed by atoms with E-state index in [0.29, 0.717) is 41.4 Å². The third-order valence-corrected chi connectivity index (χ3v) is 5.89. The molecule has 0 unspecified atom stereocenters. The predicted molar refractivity (Wildman–Crippen MR) is 121 cm³/mol. The van der Waals surface area contributed by atoms with Crippen LogP contribution < -0.4 is 14.5 Å². The molecule has 0 aliphatic carbocycles. The van der Waals surface area contributed by atoms with E-state index in [0.717, 1.165) is 37.5 Å². The van der Waals surface area contributed by atoms with Crippen LogP contribution in [0.5, 0.6) is 5.75 Å². The van der Waals surface area contributed by atoms with E-state index >= 15 is 0 Å². The van der Waals surface area contributed by atoms with Crippen LogP contribution in [0.3, 0.4) is 0 Å². The van der Waals surface area contributed by atoms with Crippen molar-refractivity contribution in [2.45, 2.75) is 38.7 Å². The van der Waals surface area contributed by atoms with Gasteiger partial charge in [-0.1, -0.05) is 0 Å². The van der Waals surface area contributed by atoms with Crippen LogP contribution in [0.25, 0.3) is 0 Å². The number of carbonyl (C=O) groups is 1. The van der Waals surface area contributed by atoms with Gasteiger partial charge in [-0.15, -0.1) is 0 Å². The third-order valence-electron chi connectivity index (χ3n) is 5.49. The summed E-state index contributed by atoms with van der Waals surface area (Å²) >= 11 is 5.74. The van der Waals surface area contributed by atoms with E-state index in [1.165, 1.54) is 11.1 Å². The Hall–Kier alpha value is -3.02. The number of carbonyl (C=O) groups excluding carboxylic acids is 1. The summed E-state index contributed by atoms with van der Waals surface area (Å²) in [6.07, 6.45) is 4.59. The molecule has 0 radical (unpaired) electrons. The van der Waals surface area contributed by atoms with Crippen molar-refractivity contribution < 1.29 is 14.3 Å². The number of ether oxygens (including phenoxy) is 2. The molecule has 0 saturated carbocycles. The number of nitriles is 1. The molecule has 3 heterocycles. The fourth-order valence-corrected chi connectivity index (χ4v) is 4.21. The van der Waals surface area contributed by atoms with Crippen molar-refractivity contribution >= 4 is 34.6 Å². The standard InChI is InChI=1S/C23H24N4O3S/c1-16-13-18(15-25-21(16)14-24)27-22(28)3-2-10-26(23(27)31)17-4-6-19(7-5-17)30-20-8-11-29-12-9-20/h4-7,13,15,20H,2-3,8-12H2,1H3. The summed E-state index contributed by atoms with van der Waals surface area (Å²) in [4.78, 5) is 20.5. The second-order valence-corrected chi connectivity index (χ2v) is 8.03. The zero-order chi connectivity index (χ0) is 21.8. The summed E-state index contributed by atoms with van der Waals surface area (Å²) in [7, 11) is 0. The molecular weight excluding hydrogens is 412 g/mol. The van der Waals surface area contributed by atoms with Crippen molar-refractivity contribution in [3.63, 3.8) is 0 Å². The van der Waals surface area contributed by atoms with Crippen molar-refractivity contribution in [1.29, 1.82) is 5.26 Å². The Labute approximate surface area is 187 Å². The summed E-state index contributed by atoms with van der Waals surface area (Å²) in [6, 6.07) is 11.7. The second kappa shape index (κ2) is 9.41. The lowest BCUT2D eigenvalue weighted by atomic mass is 10.1. The number of aromatic nitrogens is 1. The smallest absolute Gasteiger partial charge is 0.233 e. The van der Waals surface area contributed by atoms with Crippen LogP contribution in [0, 0.1) is 18.3 Å². The molecule has 2 saturated heterocycles. The number of hydrogen-bond donors (Lipinski definition) is 0. The lowest BCUT2D eigenvalue weighted by Crippen LogP contribution is -2.44. The van der Waals surface area contributed by atoms with Gasteiger partial charge < -0.3 is 14.4 Å². The number of pyridine rings is 1. The number of nitrogens with zero attached hydrogens (tertiary/aromatic N) is 4. The lowest BCUT2D eigenvalue weighted by molar-refractivity contribution is -0.117. The van der Waals surface area contributed by atoms with E-state index in [9.17, 15) is 4.79 Å². The molecular formula is C23H24N4O3S. The summed E-state index contributed by atoms with van der Waals surface area (Å²) in [6.45, 7) is 3.91. The minimum atomic E-state index is -0.0714. The number of hydrogen-bond acceptors (Lipinski definition) is 6. The van der Waals surface area contributed by atoms with Crippen LogP contribution in [0.4, 0.5) is 11.4 Å². The maximum Gasteiger partial charge on any atom is 0.233 e. The van der Waals surface area contributed by atoms with Gasteiger partial charge in [0.05, 0.1) is 25.1 Å². The number of amides is 1. The van der Waals surface area contributed by atoms with E-state index in [1.54, 1.807) is 13.0 Å². The average molecular weight is 437 g/mol. The summed E-state index contributed by atoms with van der Waals surface area (Å²) in [5, 5.41) is 9.55. The fraction of sp³-hybridized carbons (Fsp3) is 0.391. The van der Waals surface area contributed by atoms with Crippen LogP contribution in [0.1, 0.15) is 36.9 Å². The van der Waals surface area contributed by atoms with Gasteiger partial charge in [-0.3, -0.25) is 9.69 Å². The van der Waals surface area contributed by atoms with Gasteiger partial charge in [-0.2, -0.15) is 5.26 Å². The third kappa shape index (κ3) is 4.68. The minimum absolute atomic E-state index is 0.0714. The normalized spacial score (nSPS) is 17.9. The molecule has 2 aliphatic heterocycles. The quantitative estimate of drug-likeness (QED) is 0.676. The van der Waals surface area contributed by atoms with Gasteiger partial charge >= 0.3 is 0 Å². The zero-order valence-corrected chi connectivity index (χ0v) is 18.2. The Kier molecular flexibility index (Phi) is 6.44. The molecule has 2 aliphatic rings. The monoisotopic (exact) mass is 436 g/mol. The highest BCUT2D eigenvalue weighted by molar-refractivity contribution is 7.81. The van der Waals surface area contributed by atoms with E-state index in [4.69, 9.17) is 27.0 Å². The van der Waals surface area contributed by atoms with Crippen molar-refractivity contribution in [2.75, 3.05) is 29.6 Å². The van der Waals surface area contributed by atoms with Gasteiger partial charge in [0.25, 0.3) is 0 Å². The van der Waals surface area contributed by atoms with Crippen LogP contribution in [-0.2, 0) is 9.53 Å². The van der Waals surface area contributed by atoms with Crippen molar-refractivity contribution in [3.05, 3.63) is 47.8 Å². The Morgan fingerprint density at radius 2 is 1.97 bits per heavy atom. The molecule has 160 valence electrons.